The molecule has 0 aromatic heterocycles. The third-order valence-corrected chi connectivity index (χ3v) is 4.50. The summed E-state index contributed by atoms with van der Waals surface area (Å²) in [6.07, 6.45) is 0. The summed E-state index contributed by atoms with van der Waals surface area (Å²) in [4.78, 5) is 0. The highest BCUT2D eigenvalue weighted by molar-refractivity contribution is 9.26. The Kier molecular flexibility index (Phi) is 6.38. The highest BCUT2D eigenvalue weighted by Gasteiger charge is 2.38. The van der Waals surface area contributed by atoms with Gasteiger partial charge in [-0.05, 0) is 0 Å². The van der Waals surface area contributed by atoms with E-state index >= 15 is 0 Å². The van der Waals surface area contributed by atoms with Gasteiger partial charge in [0.1, 0.15) is 0 Å². The van der Waals surface area contributed by atoms with Gasteiger partial charge < -0.3 is 0 Å². The summed E-state index contributed by atoms with van der Waals surface area (Å²) in [5.74, 6) is 0. The van der Waals surface area contributed by atoms with E-state index in [4.69, 9.17) is 27.7 Å². The van der Waals surface area contributed by atoms with Crippen LogP contribution < -0.4 is 0 Å². The summed E-state index contributed by atoms with van der Waals surface area (Å²) in [5.41, 5.74) is -1.13. The van der Waals surface area contributed by atoms with Crippen molar-refractivity contribution in [3.8, 4) is 0 Å². The highest BCUT2D eigenvalue weighted by atomic mass is 79.9. The molecule has 0 fully saturated rings. The molecule has 0 radical (unpaired) electrons. The average Bonchev–Trinajstić information content (AvgIpc) is 2.02. The minimum atomic E-state index is -3.61. The highest BCUT2D eigenvalue weighted by Crippen LogP contribution is 2.53. The molecule has 0 aromatic rings. The number of phosphoric acid groups is 1. The Hall–Kier alpha value is 1.65. The van der Waals surface area contributed by atoms with Crippen LogP contribution in [0.15, 0.2) is 0 Å². The van der Waals surface area contributed by atoms with E-state index < -0.39 is 16.1 Å². The van der Waals surface area contributed by atoms with Crippen LogP contribution in [0.25, 0.3) is 0 Å². The maximum Gasteiger partial charge on any atom is 0.475 e. The van der Waals surface area contributed by atoms with Gasteiger partial charge in [0.15, 0.2) is 8.26 Å². The lowest BCUT2D eigenvalue weighted by atomic mass is 10.9. The lowest BCUT2D eigenvalue weighted by molar-refractivity contribution is 0.142. The molecule has 9 heteroatoms. The topological polar surface area (TPSA) is 44.8 Å². The Labute approximate surface area is 103 Å². The summed E-state index contributed by atoms with van der Waals surface area (Å²) in [5, 5.41) is 0. The van der Waals surface area contributed by atoms with Crippen molar-refractivity contribution in [2.45, 2.75) is 8.26 Å². The SMILES string of the molecule is COP(=O)(OC)OC(Cl)C(Cl)(Br)Br. The second kappa shape index (κ2) is 5.66. The van der Waals surface area contributed by atoms with Crippen molar-refractivity contribution in [1.82, 2.24) is 0 Å². The number of hydrogen-bond acceptors (Lipinski definition) is 4. The van der Waals surface area contributed by atoms with Crippen LogP contribution >= 0.6 is 62.9 Å². The first kappa shape index (κ1) is 14.6. The fourth-order valence-electron chi connectivity index (χ4n) is 0.334. The van der Waals surface area contributed by atoms with Crippen molar-refractivity contribution in [3.63, 3.8) is 0 Å². The van der Waals surface area contributed by atoms with Gasteiger partial charge in [0.25, 0.3) is 0 Å². The monoisotopic (exact) mass is 378 g/mol. The molecule has 1 atom stereocenters. The van der Waals surface area contributed by atoms with Crippen molar-refractivity contribution in [1.29, 1.82) is 0 Å². The standard InChI is InChI=1S/C4H7Br2Cl2O4P/c1-10-13(9,11-2)12-3(7)4(5,6)8/h3H,1-2H3. The Bertz CT molecular complexity index is 201. The van der Waals surface area contributed by atoms with Gasteiger partial charge >= 0.3 is 7.82 Å². The maximum atomic E-state index is 11.4. The molecule has 0 saturated heterocycles. The molecule has 13 heavy (non-hydrogen) atoms. The van der Waals surface area contributed by atoms with Crippen molar-refractivity contribution in [2.75, 3.05) is 14.2 Å². The maximum absolute atomic E-state index is 11.4. The predicted octanol–water partition coefficient (Wildman–Crippen LogP) is 3.65. The normalized spacial score (nSPS) is 15.8. The predicted molar refractivity (Wildman–Crippen MR) is 58.8 cm³/mol. The van der Waals surface area contributed by atoms with Crippen LogP contribution in [0, 0.1) is 0 Å². The third kappa shape index (κ3) is 5.33. The fourth-order valence-corrected chi connectivity index (χ4v) is 1.91. The largest absolute Gasteiger partial charge is 0.475 e. The van der Waals surface area contributed by atoms with E-state index in [9.17, 15) is 4.57 Å². The molecular formula is C4H7Br2Cl2O4P. The minimum absolute atomic E-state index is 1.13. The van der Waals surface area contributed by atoms with Crippen LogP contribution in [-0.4, -0.2) is 22.5 Å². The molecule has 0 bridgehead atoms. The lowest BCUT2D eigenvalue weighted by Crippen LogP contribution is -2.21. The van der Waals surface area contributed by atoms with Crippen molar-refractivity contribution < 1.29 is 18.1 Å². The molecular weight excluding hydrogens is 374 g/mol. The zero-order chi connectivity index (χ0) is 10.7. The Morgan fingerprint density at radius 1 is 1.38 bits per heavy atom. The first-order chi connectivity index (χ1) is 5.75. The molecule has 0 aromatic carbocycles. The van der Waals surface area contributed by atoms with E-state index in [1.54, 1.807) is 0 Å². The van der Waals surface area contributed by atoms with Gasteiger partial charge in [0.2, 0.25) is 0 Å². The fraction of sp³-hybridized carbons (Fsp3) is 1.00. The second-order valence-corrected chi connectivity index (χ2v) is 9.08. The zero-order valence-corrected chi connectivity index (χ0v) is 12.2. The van der Waals surface area contributed by atoms with Crippen LogP contribution in [0.1, 0.15) is 0 Å². The molecule has 0 spiro atoms. The van der Waals surface area contributed by atoms with Crippen LogP contribution in [-0.2, 0) is 18.1 Å². The van der Waals surface area contributed by atoms with Crippen LogP contribution in [0.2, 0.25) is 0 Å². The Morgan fingerprint density at radius 2 is 1.77 bits per heavy atom. The molecule has 0 rings (SSSR count). The molecule has 0 saturated carbocycles. The summed E-state index contributed by atoms with van der Waals surface area (Å²) < 4.78 is 23.8. The van der Waals surface area contributed by atoms with Gasteiger partial charge in [-0.15, -0.1) is 0 Å². The van der Waals surface area contributed by atoms with Gasteiger partial charge in [-0.3, -0.25) is 13.6 Å². The molecule has 1 unspecified atom stereocenters. The number of halogens is 4. The van der Waals surface area contributed by atoms with E-state index in [0.717, 1.165) is 0 Å². The summed E-state index contributed by atoms with van der Waals surface area (Å²) in [7, 11) is -1.26. The molecule has 0 aliphatic rings. The van der Waals surface area contributed by atoms with Gasteiger partial charge in [0, 0.05) is 14.2 Å². The first-order valence-electron chi connectivity index (χ1n) is 2.86. The zero-order valence-electron chi connectivity index (χ0n) is 6.67. The van der Waals surface area contributed by atoms with Gasteiger partial charge in [-0.25, -0.2) is 4.57 Å². The Morgan fingerprint density at radius 3 is 2.00 bits per heavy atom. The summed E-state index contributed by atoms with van der Waals surface area (Å²) >= 11 is 17.2. The van der Waals surface area contributed by atoms with E-state index in [2.05, 4.69) is 40.9 Å². The van der Waals surface area contributed by atoms with Crippen molar-refractivity contribution in [3.05, 3.63) is 0 Å². The molecule has 0 amide bonds. The smallest absolute Gasteiger partial charge is 0.290 e. The lowest BCUT2D eigenvalue weighted by Gasteiger charge is -2.22. The quantitative estimate of drug-likeness (QED) is 0.539. The molecule has 0 aliphatic carbocycles. The number of phosphoric ester groups is 1. The van der Waals surface area contributed by atoms with Gasteiger partial charge in [-0.1, -0.05) is 55.1 Å². The second-order valence-electron chi connectivity index (χ2n) is 1.78. The average molecular weight is 381 g/mol. The molecule has 0 heterocycles. The van der Waals surface area contributed by atoms with Crippen LogP contribution in [0.4, 0.5) is 0 Å². The molecule has 80 valence electrons. The van der Waals surface area contributed by atoms with Gasteiger partial charge in [-0.2, -0.15) is 0 Å². The van der Waals surface area contributed by atoms with Crippen LogP contribution in [0.5, 0.6) is 0 Å². The van der Waals surface area contributed by atoms with E-state index in [-0.39, 0.29) is 0 Å². The first-order valence-corrected chi connectivity index (χ1v) is 6.72. The number of hydrogen-bond donors (Lipinski definition) is 0. The third-order valence-electron chi connectivity index (χ3n) is 0.926. The van der Waals surface area contributed by atoms with Crippen molar-refractivity contribution in [2.24, 2.45) is 0 Å². The van der Waals surface area contributed by atoms with E-state index in [1.165, 1.54) is 14.2 Å². The van der Waals surface area contributed by atoms with E-state index in [1.807, 2.05) is 0 Å². The van der Waals surface area contributed by atoms with Gasteiger partial charge in [0.05, 0.1) is 0 Å². The van der Waals surface area contributed by atoms with Crippen molar-refractivity contribution >= 4 is 62.9 Å². The minimum Gasteiger partial charge on any atom is -0.290 e. The summed E-state index contributed by atoms with van der Waals surface area (Å²) in [6, 6.07) is 0. The molecule has 4 nitrogen and oxygen atoms in total. The van der Waals surface area contributed by atoms with Crippen LogP contribution in [0.3, 0.4) is 0 Å². The summed E-state index contributed by atoms with van der Waals surface area (Å²) in [6.45, 7) is 0. The number of alkyl halides is 4. The number of rotatable bonds is 5. The molecule has 0 N–H and O–H groups in total. The molecule has 0 aliphatic heterocycles. The van der Waals surface area contributed by atoms with E-state index in [0.29, 0.717) is 0 Å². The Balaban J connectivity index is 4.35.